The lowest BCUT2D eigenvalue weighted by atomic mass is 9.87. The summed E-state index contributed by atoms with van der Waals surface area (Å²) < 4.78 is 5.39. The molecule has 2 heterocycles. The lowest BCUT2D eigenvalue weighted by molar-refractivity contribution is 0.358. The molecular weight excluding hydrogens is 330 g/mol. The number of fused-ring (bicyclic) bond motifs is 1. The van der Waals surface area contributed by atoms with Crippen LogP contribution in [0.3, 0.4) is 0 Å². The summed E-state index contributed by atoms with van der Waals surface area (Å²) in [5, 5.41) is 8.01. The zero-order valence-electron chi connectivity index (χ0n) is 15.1. The molecule has 1 aliphatic rings. The van der Waals surface area contributed by atoms with Gasteiger partial charge in [-0.15, -0.1) is 11.3 Å². The molecule has 25 heavy (non-hydrogen) atoms. The van der Waals surface area contributed by atoms with E-state index >= 15 is 0 Å². The van der Waals surface area contributed by atoms with Gasteiger partial charge in [-0.1, -0.05) is 19.8 Å². The number of aromatic amines is 1. The Hall–Kier alpha value is -2.01. The summed E-state index contributed by atoms with van der Waals surface area (Å²) in [7, 11) is 1.70. The summed E-state index contributed by atoms with van der Waals surface area (Å²) in [6.07, 6.45) is 5.18. The fraction of sp³-hybridized carbons (Fsp3) is 0.450. The first kappa shape index (κ1) is 16.5. The zero-order valence-corrected chi connectivity index (χ0v) is 15.9. The summed E-state index contributed by atoms with van der Waals surface area (Å²) in [6, 6.07) is 6.70. The molecule has 3 aromatic rings. The highest BCUT2D eigenvalue weighted by molar-refractivity contribution is 7.14. The lowest BCUT2D eigenvalue weighted by Gasteiger charge is -2.27. The van der Waals surface area contributed by atoms with Crippen LogP contribution in [-0.4, -0.2) is 23.1 Å². The van der Waals surface area contributed by atoms with Gasteiger partial charge in [-0.3, -0.25) is 0 Å². The Balaban J connectivity index is 1.63. The van der Waals surface area contributed by atoms with Gasteiger partial charge in [0, 0.05) is 33.6 Å². The van der Waals surface area contributed by atoms with E-state index in [0.29, 0.717) is 6.04 Å². The van der Waals surface area contributed by atoms with Crippen LogP contribution in [0.15, 0.2) is 23.6 Å². The van der Waals surface area contributed by atoms with E-state index in [0.717, 1.165) is 33.7 Å². The van der Waals surface area contributed by atoms with Gasteiger partial charge in [0.25, 0.3) is 0 Å². The Morgan fingerprint density at radius 1 is 1.32 bits per heavy atom. The van der Waals surface area contributed by atoms with Gasteiger partial charge in [0.1, 0.15) is 5.75 Å². The monoisotopic (exact) mass is 355 g/mol. The first-order valence-electron chi connectivity index (χ1n) is 9.03. The molecule has 1 fully saturated rings. The van der Waals surface area contributed by atoms with Crippen LogP contribution in [-0.2, 0) is 0 Å². The van der Waals surface area contributed by atoms with E-state index in [-0.39, 0.29) is 0 Å². The number of nitrogens with one attached hydrogen (secondary N) is 2. The van der Waals surface area contributed by atoms with Crippen LogP contribution in [0.1, 0.15) is 38.3 Å². The topological polar surface area (TPSA) is 49.9 Å². The number of H-pyrrole nitrogens is 1. The van der Waals surface area contributed by atoms with Gasteiger partial charge in [-0.05, 0) is 43.9 Å². The van der Waals surface area contributed by atoms with Crippen molar-refractivity contribution in [3.05, 3.63) is 29.3 Å². The minimum Gasteiger partial charge on any atom is -0.497 e. The number of nitrogens with zero attached hydrogens (tertiary/aromatic N) is 1. The van der Waals surface area contributed by atoms with Gasteiger partial charge >= 0.3 is 0 Å². The van der Waals surface area contributed by atoms with Crippen LogP contribution in [0.5, 0.6) is 5.75 Å². The number of anilines is 1. The zero-order chi connectivity index (χ0) is 17.4. The second-order valence-electron chi connectivity index (χ2n) is 7.19. The van der Waals surface area contributed by atoms with Gasteiger partial charge in [-0.25, -0.2) is 4.98 Å². The summed E-state index contributed by atoms with van der Waals surface area (Å²) in [4.78, 5) is 8.35. The first-order valence-corrected chi connectivity index (χ1v) is 9.90. The van der Waals surface area contributed by atoms with E-state index in [1.165, 1.54) is 36.6 Å². The highest BCUT2D eigenvalue weighted by atomic mass is 32.1. The second kappa shape index (κ2) is 6.71. The molecule has 4 nitrogen and oxygen atoms in total. The lowest BCUT2D eigenvalue weighted by Crippen LogP contribution is -2.26. The predicted octanol–water partition coefficient (Wildman–Crippen LogP) is 5.60. The van der Waals surface area contributed by atoms with E-state index in [4.69, 9.17) is 9.72 Å². The van der Waals surface area contributed by atoms with Crippen molar-refractivity contribution < 1.29 is 4.74 Å². The molecule has 2 atom stereocenters. The molecule has 0 unspecified atom stereocenters. The van der Waals surface area contributed by atoms with Crippen LogP contribution in [0, 0.1) is 12.8 Å². The fourth-order valence-corrected chi connectivity index (χ4v) is 4.74. The summed E-state index contributed by atoms with van der Waals surface area (Å²) in [6.45, 7) is 4.46. The molecule has 1 aromatic carbocycles. The Bertz CT molecular complexity index is 882. The molecule has 132 valence electrons. The fourth-order valence-electron chi connectivity index (χ4n) is 3.96. The third-order valence-corrected chi connectivity index (χ3v) is 5.99. The molecule has 0 bridgehead atoms. The van der Waals surface area contributed by atoms with Gasteiger partial charge in [0.2, 0.25) is 0 Å². The van der Waals surface area contributed by atoms with Gasteiger partial charge < -0.3 is 15.0 Å². The molecule has 4 rings (SSSR count). The summed E-state index contributed by atoms with van der Waals surface area (Å²) in [5.41, 5.74) is 4.48. The molecule has 1 saturated carbocycles. The highest BCUT2D eigenvalue weighted by Gasteiger charge is 2.20. The van der Waals surface area contributed by atoms with E-state index in [1.54, 1.807) is 18.4 Å². The van der Waals surface area contributed by atoms with Crippen molar-refractivity contribution in [1.29, 1.82) is 0 Å². The Kier molecular flexibility index (Phi) is 4.42. The largest absolute Gasteiger partial charge is 0.497 e. The average molecular weight is 356 g/mol. The molecule has 0 spiro atoms. The number of hydrogen-bond acceptors (Lipinski definition) is 4. The van der Waals surface area contributed by atoms with Crippen LogP contribution in [0.25, 0.3) is 22.2 Å². The quantitative estimate of drug-likeness (QED) is 0.640. The maximum atomic E-state index is 5.39. The van der Waals surface area contributed by atoms with Crippen molar-refractivity contribution in [2.24, 2.45) is 5.92 Å². The van der Waals surface area contributed by atoms with Crippen LogP contribution >= 0.6 is 11.3 Å². The number of ether oxygens (including phenoxy) is 1. The third kappa shape index (κ3) is 3.25. The van der Waals surface area contributed by atoms with Crippen LogP contribution < -0.4 is 10.1 Å². The molecule has 0 radical (unpaired) electrons. The molecule has 1 aliphatic carbocycles. The van der Waals surface area contributed by atoms with E-state index in [2.05, 4.69) is 41.7 Å². The van der Waals surface area contributed by atoms with Crippen molar-refractivity contribution in [1.82, 2.24) is 9.97 Å². The third-order valence-electron chi connectivity index (χ3n) is 5.22. The molecule has 0 saturated heterocycles. The van der Waals surface area contributed by atoms with E-state index in [9.17, 15) is 0 Å². The molecular formula is C20H25N3OS. The number of aromatic nitrogens is 2. The standard InChI is InChI=1S/C20H25N3OS/c1-12-5-4-6-14(9-12)22-20-23-18(11-25-20)19-13(2)21-17-8-7-15(24-3)10-16(17)19/h7-8,10-12,14,21H,4-6,9H2,1-3H3,(H,22,23)/t12-,14+/m1/s1. The number of thiazole rings is 1. The van der Waals surface area contributed by atoms with Crippen molar-refractivity contribution in [3.63, 3.8) is 0 Å². The molecule has 2 N–H and O–H groups in total. The van der Waals surface area contributed by atoms with E-state index in [1.807, 2.05) is 6.07 Å². The SMILES string of the molecule is COc1ccc2[nH]c(C)c(-c3csc(N[C@H]4CCC[C@@H](C)C4)n3)c2c1. The number of benzene rings is 1. The molecule has 5 heteroatoms. The molecule has 2 aromatic heterocycles. The Labute approximate surface area is 152 Å². The van der Waals surface area contributed by atoms with Crippen LogP contribution in [0.2, 0.25) is 0 Å². The van der Waals surface area contributed by atoms with Crippen molar-refractivity contribution >= 4 is 27.4 Å². The first-order chi connectivity index (χ1) is 12.1. The van der Waals surface area contributed by atoms with Gasteiger partial charge in [-0.2, -0.15) is 0 Å². The Morgan fingerprint density at radius 3 is 3.00 bits per heavy atom. The highest BCUT2D eigenvalue weighted by Crippen LogP contribution is 2.36. The minimum absolute atomic E-state index is 0.562. The Morgan fingerprint density at radius 2 is 2.20 bits per heavy atom. The number of hydrogen-bond donors (Lipinski definition) is 2. The molecule has 0 amide bonds. The van der Waals surface area contributed by atoms with Gasteiger partial charge in [0.15, 0.2) is 5.13 Å². The predicted molar refractivity (Wildman–Crippen MR) is 106 cm³/mol. The summed E-state index contributed by atoms with van der Waals surface area (Å²) >= 11 is 1.70. The number of rotatable bonds is 4. The second-order valence-corrected chi connectivity index (χ2v) is 8.05. The number of methoxy groups -OCH3 is 1. The van der Waals surface area contributed by atoms with Crippen molar-refractivity contribution in [2.75, 3.05) is 12.4 Å². The van der Waals surface area contributed by atoms with Crippen LogP contribution in [0.4, 0.5) is 5.13 Å². The maximum absolute atomic E-state index is 5.39. The number of aryl methyl sites for hydroxylation is 1. The smallest absolute Gasteiger partial charge is 0.183 e. The summed E-state index contributed by atoms with van der Waals surface area (Å²) in [5.74, 6) is 1.69. The maximum Gasteiger partial charge on any atom is 0.183 e. The minimum atomic E-state index is 0.562. The van der Waals surface area contributed by atoms with Crippen molar-refractivity contribution in [2.45, 2.75) is 45.6 Å². The van der Waals surface area contributed by atoms with Crippen molar-refractivity contribution in [3.8, 4) is 17.0 Å². The average Bonchev–Trinajstić information content (AvgIpc) is 3.17. The van der Waals surface area contributed by atoms with Gasteiger partial charge in [0.05, 0.1) is 12.8 Å². The normalized spacial score (nSPS) is 20.8. The molecule has 0 aliphatic heterocycles. The van der Waals surface area contributed by atoms with E-state index < -0.39 is 0 Å².